The van der Waals surface area contributed by atoms with E-state index >= 15 is 0 Å². The lowest BCUT2D eigenvalue weighted by Crippen LogP contribution is -1.98. The monoisotopic (exact) mass is 803 g/mol. The highest BCUT2D eigenvalue weighted by molar-refractivity contribution is 6.26. The molecule has 0 unspecified atom stereocenters. The Kier molecular flexibility index (Phi) is 7.84. The molecule has 0 fully saturated rings. The van der Waals surface area contributed by atoms with E-state index in [-0.39, 0.29) is 0 Å². The van der Waals surface area contributed by atoms with Gasteiger partial charge >= 0.3 is 0 Å². The van der Waals surface area contributed by atoms with Gasteiger partial charge in [0.2, 0.25) is 0 Å². The zero-order valence-corrected chi connectivity index (χ0v) is 34.1. The van der Waals surface area contributed by atoms with Crippen molar-refractivity contribution >= 4 is 65.4 Å². The summed E-state index contributed by atoms with van der Waals surface area (Å²) >= 11 is 0. The molecule has 13 rings (SSSR count). The van der Waals surface area contributed by atoms with Crippen LogP contribution in [0.5, 0.6) is 0 Å². The molecule has 4 aromatic heterocycles. The molecule has 0 radical (unpaired) electrons. The first kappa shape index (κ1) is 35.2. The Bertz CT molecular complexity index is 3820. The Morgan fingerprint density at radius 3 is 1.46 bits per heavy atom. The van der Waals surface area contributed by atoms with E-state index in [0.717, 1.165) is 61.7 Å². The van der Waals surface area contributed by atoms with Gasteiger partial charge in [-0.2, -0.15) is 0 Å². The van der Waals surface area contributed by atoms with Crippen LogP contribution in [0.1, 0.15) is 0 Å². The van der Waals surface area contributed by atoms with Crippen LogP contribution in [0, 0.1) is 0 Å². The predicted molar refractivity (Wildman–Crippen MR) is 261 cm³/mol. The van der Waals surface area contributed by atoms with Crippen molar-refractivity contribution < 1.29 is 0 Å². The minimum Gasteiger partial charge on any atom is -0.309 e. The summed E-state index contributed by atoms with van der Waals surface area (Å²) in [5.74, 6) is 0.696. The molecular formula is C58H37N5. The van der Waals surface area contributed by atoms with E-state index in [9.17, 15) is 0 Å². The topological polar surface area (TPSA) is 40.6 Å². The molecule has 5 nitrogen and oxygen atoms in total. The summed E-state index contributed by atoms with van der Waals surface area (Å²) in [6.45, 7) is 0. The normalized spacial score (nSPS) is 11.8. The minimum atomic E-state index is 0.696. The second kappa shape index (κ2) is 14.0. The van der Waals surface area contributed by atoms with E-state index < -0.39 is 0 Å². The van der Waals surface area contributed by atoms with Gasteiger partial charge in [-0.25, -0.2) is 9.97 Å². The van der Waals surface area contributed by atoms with Crippen LogP contribution in [0.4, 0.5) is 0 Å². The Morgan fingerprint density at radius 1 is 0.270 bits per heavy atom. The van der Waals surface area contributed by atoms with Gasteiger partial charge < -0.3 is 13.7 Å². The molecule has 0 saturated heterocycles. The molecule has 0 bridgehead atoms. The summed E-state index contributed by atoms with van der Waals surface area (Å²) < 4.78 is 7.31. The number of hydrogen-bond donors (Lipinski definition) is 0. The number of aromatic nitrogens is 5. The Balaban J connectivity index is 1.15. The fourth-order valence-electron chi connectivity index (χ4n) is 9.86. The van der Waals surface area contributed by atoms with Gasteiger partial charge in [-0.1, -0.05) is 158 Å². The fourth-order valence-corrected chi connectivity index (χ4v) is 9.86. The summed E-state index contributed by atoms with van der Waals surface area (Å²) in [4.78, 5) is 10.4. The van der Waals surface area contributed by atoms with E-state index in [1.165, 1.54) is 48.9 Å². The van der Waals surface area contributed by atoms with E-state index in [2.05, 4.69) is 214 Å². The highest BCUT2D eigenvalue weighted by Gasteiger charge is 2.23. The Hall–Kier alpha value is -8.54. The summed E-state index contributed by atoms with van der Waals surface area (Å²) in [6, 6.07) is 80.3. The lowest BCUT2D eigenvalue weighted by molar-refractivity contribution is 1.15. The maximum absolute atomic E-state index is 5.27. The zero-order valence-electron chi connectivity index (χ0n) is 34.1. The zero-order chi connectivity index (χ0) is 41.4. The maximum atomic E-state index is 5.27. The van der Waals surface area contributed by atoms with Crippen LogP contribution in [-0.2, 0) is 0 Å². The van der Waals surface area contributed by atoms with Crippen LogP contribution < -0.4 is 0 Å². The van der Waals surface area contributed by atoms with E-state index in [0.29, 0.717) is 5.82 Å². The van der Waals surface area contributed by atoms with Crippen molar-refractivity contribution in [1.82, 2.24) is 23.7 Å². The molecule has 0 saturated carbocycles. The molecule has 0 aliphatic carbocycles. The van der Waals surface area contributed by atoms with Crippen LogP contribution >= 0.6 is 0 Å². The van der Waals surface area contributed by atoms with E-state index in [4.69, 9.17) is 9.97 Å². The summed E-state index contributed by atoms with van der Waals surface area (Å²) in [5.41, 5.74) is 15.1. The van der Waals surface area contributed by atoms with Crippen molar-refractivity contribution in [3.63, 3.8) is 0 Å². The predicted octanol–water partition coefficient (Wildman–Crippen LogP) is 14.8. The number of nitrogens with zero attached hydrogens (tertiary/aromatic N) is 5. The first-order chi connectivity index (χ1) is 31.3. The molecule has 0 N–H and O–H groups in total. The van der Waals surface area contributed by atoms with Gasteiger partial charge in [-0.3, -0.25) is 0 Å². The van der Waals surface area contributed by atoms with Crippen molar-refractivity contribution in [2.45, 2.75) is 0 Å². The van der Waals surface area contributed by atoms with E-state index in [1.807, 2.05) is 24.3 Å². The van der Waals surface area contributed by atoms with Crippen LogP contribution in [0.25, 0.3) is 116 Å². The molecule has 0 aliphatic heterocycles. The second-order valence-electron chi connectivity index (χ2n) is 16.2. The van der Waals surface area contributed by atoms with Gasteiger partial charge in [0.15, 0.2) is 5.82 Å². The van der Waals surface area contributed by atoms with E-state index in [1.54, 1.807) is 0 Å². The highest BCUT2D eigenvalue weighted by Crippen LogP contribution is 2.44. The molecule has 5 heteroatoms. The highest BCUT2D eigenvalue weighted by atomic mass is 15.0. The number of benzene rings is 9. The number of para-hydroxylation sites is 4. The third-order valence-corrected chi connectivity index (χ3v) is 12.6. The number of rotatable bonds is 6. The molecule has 0 aliphatic rings. The Labute approximate surface area is 363 Å². The molecule has 294 valence electrons. The van der Waals surface area contributed by atoms with Crippen molar-refractivity contribution in [2.24, 2.45) is 0 Å². The van der Waals surface area contributed by atoms with Crippen molar-refractivity contribution in [3.8, 4) is 51.0 Å². The van der Waals surface area contributed by atoms with Crippen LogP contribution in [0.3, 0.4) is 0 Å². The molecule has 0 spiro atoms. The fraction of sp³-hybridized carbons (Fsp3) is 0. The molecular weight excluding hydrogens is 767 g/mol. The van der Waals surface area contributed by atoms with Gasteiger partial charge in [0, 0.05) is 66.1 Å². The standard InChI is InChI=1S/C58H37N5/c1-5-17-38(18-6-1)49-37-50(60-58(59-49)39-19-7-2-8-20-39)40-29-31-46-47-33-34-53-56(48-26-14-16-28-52(48)61(53)41-21-9-3-10-22-41)57(47)63(54(46)35-40)43-30-32-45-44-25-13-15-27-51(44)62(55(45)36-43)42-23-11-4-12-24-42/h1-37H. The first-order valence-corrected chi connectivity index (χ1v) is 21.4. The quantitative estimate of drug-likeness (QED) is 0.168. The van der Waals surface area contributed by atoms with Gasteiger partial charge in [0.1, 0.15) is 0 Å². The SMILES string of the molecule is c1ccc(-c2cc(-c3ccc4c5ccc6c(c7ccccc7n6-c6ccccc6)c5n(-c5ccc6c7ccccc7n(-c7ccccc7)c6c5)c4c3)nc(-c3ccccc3)n2)cc1. The third kappa shape index (κ3) is 5.50. The minimum absolute atomic E-state index is 0.696. The van der Waals surface area contributed by atoms with Gasteiger partial charge in [-0.15, -0.1) is 0 Å². The molecule has 63 heavy (non-hydrogen) atoms. The largest absolute Gasteiger partial charge is 0.309 e. The lowest BCUT2D eigenvalue weighted by Gasteiger charge is -2.13. The smallest absolute Gasteiger partial charge is 0.160 e. The van der Waals surface area contributed by atoms with Gasteiger partial charge in [-0.05, 0) is 66.7 Å². The molecule has 0 amide bonds. The average molecular weight is 804 g/mol. The summed E-state index contributed by atoms with van der Waals surface area (Å²) in [5, 5.41) is 7.24. The van der Waals surface area contributed by atoms with Crippen LogP contribution in [0.2, 0.25) is 0 Å². The van der Waals surface area contributed by atoms with Crippen molar-refractivity contribution in [1.29, 1.82) is 0 Å². The van der Waals surface area contributed by atoms with Crippen LogP contribution in [-0.4, -0.2) is 23.7 Å². The second-order valence-corrected chi connectivity index (χ2v) is 16.2. The molecule has 9 aromatic carbocycles. The molecule has 0 atom stereocenters. The van der Waals surface area contributed by atoms with Gasteiger partial charge in [0.05, 0.1) is 44.5 Å². The van der Waals surface area contributed by atoms with Crippen LogP contribution in [0.15, 0.2) is 224 Å². The molecule has 4 heterocycles. The summed E-state index contributed by atoms with van der Waals surface area (Å²) in [6.07, 6.45) is 0. The first-order valence-electron chi connectivity index (χ1n) is 21.4. The lowest BCUT2D eigenvalue weighted by atomic mass is 10.0. The van der Waals surface area contributed by atoms with Crippen molar-refractivity contribution in [2.75, 3.05) is 0 Å². The molecule has 13 aromatic rings. The number of fused-ring (bicyclic) bond motifs is 10. The average Bonchev–Trinajstić information content (AvgIpc) is 4.00. The van der Waals surface area contributed by atoms with Gasteiger partial charge in [0.25, 0.3) is 0 Å². The Morgan fingerprint density at radius 2 is 0.762 bits per heavy atom. The maximum Gasteiger partial charge on any atom is 0.160 e. The summed E-state index contributed by atoms with van der Waals surface area (Å²) in [7, 11) is 0. The third-order valence-electron chi connectivity index (χ3n) is 12.6. The van der Waals surface area contributed by atoms with Crippen molar-refractivity contribution in [3.05, 3.63) is 224 Å². The number of hydrogen-bond acceptors (Lipinski definition) is 2.